The fourth-order valence-electron chi connectivity index (χ4n) is 0.622. The van der Waals surface area contributed by atoms with Crippen molar-refractivity contribution in [2.75, 3.05) is 0 Å². The Labute approximate surface area is 46.2 Å². The molecule has 0 aliphatic carbocycles. The molecule has 0 unspecified atom stereocenters. The molecular weight excluding hydrogens is 88.1 g/mol. The van der Waals surface area contributed by atoms with Gasteiger partial charge in [0.2, 0.25) is 0 Å². The van der Waals surface area contributed by atoms with Crippen LogP contribution in [-0.4, -0.2) is 0 Å². The predicted octanol–water partition coefficient (Wildman–Crippen LogP) is 2.61. The zero-order chi connectivity index (χ0) is 5.70. The van der Waals surface area contributed by atoms with Gasteiger partial charge >= 0.3 is 0 Å². The summed E-state index contributed by atoms with van der Waals surface area (Å²) in [5.41, 5.74) is 0. The molecule has 0 aromatic carbocycles. The first-order valence-electron chi connectivity index (χ1n) is 2.97. The highest BCUT2D eigenvalue weighted by molar-refractivity contribution is 4.75. The van der Waals surface area contributed by atoms with Crippen molar-refractivity contribution in [1.82, 2.24) is 0 Å². The highest BCUT2D eigenvalue weighted by atomic mass is 15.1. The highest BCUT2D eigenvalue weighted by Gasteiger charge is 1.92. The molecule has 0 nitrogen and oxygen atoms in total. The second-order valence-electron chi connectivity index (χ2n) is 1.81. The molecule has 0 atom stereocenters. The zero-order valence-electron chi connectivity index (χ0n) is 5.28. The molecule has 0 aliphatic rings. The van der Waals surface area contributed by atoms with Crippen LogP contribution in [0, 0.1) is 5.92 Å². The first-order chi connectivity index (χ1) is 3.35. The van der Waals surface area contributed by atoms with E-state index in [-0.39, 0.29) is 0 Å². The lowest BCUT2D eigenvalue weighted by Gasteiger charge is -2.01. The molecule has 0 saturated carbocycles. The minimum atomic E-state index is 0.750. The maximum atomic E-state index is 3.70. The number of hydrogen-bond donors (Lipinski definition) is 0. The maximum Gasteiger partial charge on any atom is -0.0241 e. The minimum absolute atomic E-state index is 0.750. The fraction of sp³-hybridized carbons (Fsp3) is 0.714. The third kappa shape index (κ3) is 2.44. The maximum absolute atomic E-state index is 3.70. The Kier molecular flexibility index (Phi) is 3.77. The van der Waals surface area contributed by atoms with Crippen LogP contribution in [0.5, 0.6) is 0 Å². The van der Waals surface area contributed by atoms with Crippen LogP contribution in [0.2, 0.25) is 0 Å². The van der Waals surface area contributed by atoms with Crippen molar-refractivity contribution in [3.63, 3.8) is 0 Å². The van der Waals surface area contributed by atoms with Crippen LogP contribution in [0.4, 0.5) is 0 Å². The van der Waals surface area contributed by atoms with Crippen LogP contribution in [0.15, 0.2) is 12.7 Å². The van der Waals surface area contributed by atoms with Crippen molar-refractivity contribution in [1.29, 1.82) is 0 Å². The molecule has 0 aliphatic heterocycles. The molecule has 0 radical (unpaired) electrons. The summed E-state index contributed by atoms with van der Waals surface area (Å²) in [6.07, 6.45) is 4.50. The van der Waals surface area contributed by atoms with Crippen molar-refractivity contribution in [2.24, 2.45) is 5.92 Å². The van der Waals surface area contributed by atoms with E-state index in [2.05, 4.69) is 20.4 Å². The molecule has 0 spiro atoms. The Morgan fingerprint density at radius 3 is 1.86 bits per heavy atom. The van der Waals surface area contributed by atoms with E-state index in [9.17, 15) is 0 Å². The van der Waals surface area contributed by atoms with E-state index in [1.54, 1.807) is 0 Å². The van der Waals surface area contributed by atoms with Gasteiger partial charge in [0, 0.05) is 0 Å². The summed E-state index contributed by atoms with van der Waals surface area (Å²) in [5, 5.41) is 0. The smallest absolute Gasteiger partial charge is 0.0241 e. The van der Waals surface area contributed by atoms with Gasteiger partial charge in [0.15, 0.2) is 0 Å². The normalized spacial score (nSPS) is 9.57. The standard InChI is InChI=1S/C7H14/c1-4-7(5-2)6-3/h4,7H,1,5-6H2,2-3H3/i5+2,6+2. The fourth-order valence-corrected chi connectivity index (χ4v) is 0.622. The van der Waals surface area contributed by atoms with Crippen molar-refractivity contribution < 1.29 is 0 Å². The van der Waals surface area contributed by atoms with Gasteiger partial charge in [-0.25, -0.2) is 0 Å². The average Bonchev–Trinajstić information content (AvgIpc) is 1.72. The third-order valence-corrected chi connectivity index (χ3v) is 1.38. The van der Waals surface area contributed by atoms with Crippen LogP contribution in [-0.2, 0) is 0 Å². The van der Waals surface area contributed by atoms with E-state index in [0.29, 0.717) is 0 Å². The van der Waals surface area contributed by atoms with Gasteiger partial charge in [-0.2, -0.15) is 0 Å². The zero-order valence-corrected chi connectivity index (χ0v) is 5.28. The van der Waals surface area contributed by atoms with E-state index in [1.165, 1.54) is 12.8 Å². The Morgan fingerprint density at radius 2 is 1.86 bits per heavy atom. The van der Waals surface area contributed by atoms with Crippen molar-refractivity contribution in [3.05, 3.63) is 12.7 Å². The van der Waals surface area contributed by atoms with Crippen LogP contribution < -0.4 is 0 Å². The van der Waals surface area contributed by atoms with E-state index < -0.39 is 0 Å². The minimum Gasteiger partial charge on any atom is -0.103 e. The summed E-state index contributed by atoms with van der Waals surface area (Å²) < 4.78 is 0. The van der Waals surface area contributed by atoms with E-state index >= 15 is 0 Å². The van der Waals surface area contributed by atoms with E-state index in [0.717, 1.165) is 5.92 Å². The second-order valence-corrected chi connectivity index (χ2v) is 1.81. The molecule has 0 heteroatoms. The molecule has 0 rings (SSSR count). The summed E-state index contributed by atoms with van der Waals surface area (Å²) >= 11 is 0. The van der Waals surface area contributed by atoms with Gasteiger partial charge < -0.3 is 0 Å². The molecule has 0 N–H and O–H groups in total. The number of rotatable bonds is 3. The Morgan fingerprint density at radius 1 is 1.43 bits per heavy atom. The molecule has 0 heterocycles. The predicted molar refractivity (Wildman–Crippen MR) is 34.3 cm³/mol. The van der Waals surface area contributed by atoms with Gasteiger partial charge in [-0.3, -0.25) is 0 Å². The Bertz CT molecular complexity index is 42.0. The van der Waals surface area contributed by atoms with Crippen LogP contribution in [0.25, 0.3) is 0 Å². The molecule has 0 aromatic heterocycles. The second kappa shape index (κ2) is 3.91. The molecular formula is C7H14. The van der Waals surface area contributed by atoms with Crippen LogP contribution >= 0.6 is 0 Å². The average molecular weight is 102 g/mol. The lowest BCUT2D eigenvalue weighted by molar-refractivity contribution is 0.607. The molecule has 0 saturated heterocycles. The monoisotopic (exact) mass is 102 g/mol. The molecule has 0 aromatic rings. The number of allylic oxidation sites excluding steroid dienone is 1. The third-order valence-electron chi connectivity index (χ3n) is 1.38. The topological polar surface area (TPSA) is 0 Å². The van der Waals surface area contributed by atoms with Crippen LogP contribution in [0.3, 0.4) is 0 Å². The summed E-state index contributed by atoms with van der Waals surface area (Å²) in [6.45, 7) is 8.08. The lowest BCUT2D eigenvalue weighted by Crippen LogP contribution is -1.87. The van der Waals surface area contributed by atoms with Gasteiger partial charge in [-0.15, -0.1) is 6.58 Å². The van der Waals surface area contributed by atoms with E-state index in [4.69, 9.17) is 0 Å². The SMILES string of the molecule is C=CC([14CH2]C)[14CH2]C. The molecule has 42 valence electrons. The lowest BCUT2D eigenvalue weighted by atomic mass is 10.5. The first kappa shape index (κ1) is 6.74. The molecule has 0 fully saturated rings. The van der Waals surface area contributed by atoms with E-state index in [1.807, 2.05) is 6.08 Å². The molecule has 0 amide bonds. The van der Waals surface area contributed by atoms with Crippen molar-refractivity contribution in [3.8, 4) is 0 Å². The summed E-state index contributed by atoms with van der Waals surface area (Å²) in [7, 11) is 0. The Hall–Kier alpha value is -0.260. The van der Waals surface area contributed by atoms with Gasteiger partial charge in [-0.1, -0.05) is 19.9 Å². The summed E-state index contributed by atoms with van der Waals surface area (Å²) in [6, 6.07) is 0. The first-order valence-corrected chi connectivity index (χ1v) is 2.97. The summed E-state index contributed by atoms with van der Waals surface area (Å²) in [5.74, 6) is 0.750. The van der Waals surface area contributed by atoms with Crippen LogP contribution in [0.1, 0.15) is 26.7 Å². The summed E-state index contributed by atoms with van der Waals surface area (Å²) in [4.78, 5) is 0. The number of hydrogen-bond acceptors (Lipinski definition) is 0. The largest absolute Gasteiger partial charge is 0.103 e. The quantitative estimate of drug-likeness (QED) is 0.480. The Balaban J connectivity index is 3.16. The van der Waals surface area contributed by atoms with Gasteiger partial charge in [0.05, 0.1) is 0 Å². The van der Waals surface area contributed by atoms with Crippen molar-refractivity contribution in [2.45, 2.75) is 26.7 Å². The van der Waals surface area contributed by atoms with Gasteiger partial charge in [-0.05, 0) is 18.8 Å². The molecule has 0 bridgehead atoms. The van der Waals surface area contributed by atoms with Gasteiger partial charge in [0.1, 0.15) is 0 Å². The van der Waals surface area contributed by atoms with Crippen molar-refractivity contribution >= 4 is 0 Å². The highest BCUT2D eigenvalue weighted by Crippen LogP contribution is 2.06. The molecule has 7 heavy (non-hydrogen) atoms. The van der Waals surface area contributed by atoms with Gasteiger partial charge in [0.25, 0.3) is 0 Å².